The molecule has 0 unspecified atom stereocenters. The van der Waals surface area contributed by atoms with E-state index in [0.29, 0.717) is 0 Å². The highest BCUT2D eigenvalue weighted by Gasteiger charge is 2.20. The third-order valence-corrected chi connectivity index (χ3v) is 5.46. The van der Waals surface area contributed by atoms with Gasteiger partial charge in [-0.15, -0.1) is 0 Å². The summed E-state index contributed by atoms with van der Waals surface area (Å²) >= 11 is 0. The van der Waals surface area contributed by atoms with E-state index in [1.807, 2.05) is 18.3 Å². The van der Waals surface area contributed by atoms with Crippen molar-refractivity contribution in [3.05, 3.63) is 78.1 Å². The number of aryl methyl sites for hydroxylation is 1. The van der Waals surface area contributed by atoms with Crippen LogP contribution in [0.4, 0.5) is 11.4 Å². The topological polar surface area (TPSA) is 34.6 Å². The van der Waals surface area contributed by atoms with Crippen LogP contribution in [0.15, 0.2) is 67.0 Å². The maximum Gasteiger partial charge on any atom is 0.163 e. The molecule has 150 valence electrons. The van der Waals surface area contributed by atoms with Crippen LogP contribution >= 0.6 is 0 Å². The molecule has 4 heteroatoms. The van der Waals surface area contributed by atoms with Gasteiger partial charge in [-0.1, -0.05) is 23.8 Å². The van der Waals surface area contributed by atoms with E-state index < -0.39 is 0 Å². The highest BCUT2D eigenvalue weighted by Crippen LogP contribution is 2.37. The fourth-order valence-electron chi connectivity index (χ4n) is 3.84. The van der Waals surface area contributed by atoms with Crippen LogP contribution in [0.2, 0.25) is 0 Å². The highest BCUT2D eigenvalue weighted by molar-refractivity contribution is 5.67. The molecule has 1 heterocycles. The summed E-state index contributed by atoms with van der Waals surface area (Å²) in [5.74, 6) is 1.60. The van der Waals surface area contributed by atoms with E-state index in [4.69, 9.17) is 9.47 Å². The van der Waals surface area contributed by atoms with Crippen molar-refractivity contribution >= 4 is 11.4 Å². The molecule has 0 radical (unpaired) electrons. The predicted molar refractivity (Wildman–Crippen MR) is 117 cm³/mol. The van der Waals surface area contributed by atoms with Gasteiger partial charge in [-0.3, -0.25) is 4.98 Å². The third-order valence-electron chi connectivity index (χ3n) is 5.46. The molecule has 0 amide bonds. The Morgan fingerprint density at radius 2 is 1.72 bits per heavy atom. The van der Waals surface area contributed by atoms with Crippen molar-refractivity contribution in [1.29, 1.82) is 0 Å². The fraction of sp³-hybridized carbons (Fsp3) is 0.320. The van der Waals surface area contributed by atoms with Gasteiger partial charge in [0.15, 0.2) is 11.5 Å². The normalized spacial score (nSPS) is 14.0. The zero-order chi connectivity index (χ0) is 20.1. The summed E-state index contributed by atoms with van der Waals surface area (Å²) in [5, 5.41) is 0. The van der Waals surface area contributed by atoms with E-state index in [1.54, 1.807) is 13.3 Å². The van der Waals surface area contributed by atoms with Crippen molar-refractivity contribution in [2.75, 3.05) is 12.0 Å². The maximum atomic E-state index is 6.33. The van der Waals surface area contributed by atoms with Gasteiger partial charge in [0.2, 0.25) is 0 Å². The van der Waals surface area contributed by atoms with Crippen molar-refractivity contribution in [3.63, 3.8) is 0 Å². The minimum Gasteiger partial charge on any atom is -0.493 e. The average Bonchev–Trinajstić information content (AvgIpc) is 3.27. The number of hydrogen-bond donors (Lipinski definition) is 0. The van der Waals surface area contributed by atoms with Gasteiger partial charge in [0, 0.05) is 36.4 Å². The molecule has 1 aromatic heterocycles. The Labute approximate surface area is 173 Å². The number of methoxy groups -OCH3 is 1. The molecular formula is C25H28N2O2. The Morgan fingerprint density at radius 3 is 2.41 bits per heavy atom. The van der Waals surface area contributed by atoms with Gasteiger partial charge in [0.05, 0.1) is 13.2 Å². The number of rotatable bonds is 7. The molecule has 4 rings (SSSR count). The number of ether oxygens (including phenoxy) is 2. The molecule has 4 nitrogen and oxygen atoms in total. The van der Waals surface area contributed by atoms with Gasteiger partial charge >= 0.3 is 0 Å². The molecule has 2 aromatic carbocycles. The third kappa shape index (κ3) is 4.70. The summed E-state index contributed by atoms with van der Waals surface area (Å²) in [6.45, 7) is 2.84. The van der Waals surface area contributed by atoms with E-state index in [0.717, 1.165) is 47.8 Å². The summed E-state index contributed by atoms with van der Waals surface area (Å²) in [5.41, 5.74) is 4.61. The van der Waals surface area contributed by atoms with Crippen molar-refractivity contribution in [3.8, 4) is 11.5 Å². The lowest BCUT2D eigenvalue weighted by atomic mass is 10.1. The maximum absolute atomic E-state index is 6.33. The zero-order valence-corrected chi connectivity index (χ0v) is 17.2. The lowest BCUT2D eigenvalue weighted by Gasteiger charge is -2.27. The first-order valence-electron chi connectivity index (χ1n) is 10.3. The lowest BCUT2D eigenvalue weighted by molar-refractivity contribution is 0.201. The molecule has 0 bridgehead atoms. The first-order valence-corrected chi connectivity index (χ1v) is 10.3. The van der Waals surface area contributed by atoms with E-state index >= 15 is 0 Å². The molecule has 1 aliphatic carbocycles. The summed E-state index contributed by atoms with van der Waals surface area (Å²) in [4.78, 5) is 6.57. The Hall–Kier alpha value is -3.01. The number of pyridine rings is 1. The lowest BCUT2D eigenvalue weighted by Crippen LogP contribution is -2.17. The van der Waals surface area contributed by atoms with Gasteiger partial charge in [-0.05, 0) is 68.5 Å². The quantitative estimate of drug-likeness (QED) is 0.493. The van der Waals surface area contributed by atoms with E-state index in [2.05, 4.69) is 59.3 Å². The highest BCUT2D eigenvalue weighted by atomic mass is 16.5. The van der Waals surface area contributed by atoms with Gasteiger partial charge < -0.3 is 14.4 Å². The molecule has 1 saturated carbocycles. The summed E-state index contributed by atoms with van der Waals surface area (Å²) in [6.07, 6.45) is 8.72. The number of benzene rings is 2. The molecule has 0 atom stereocenters. The number of aromatic nitrogens is 1. The largest absolute Gasteiger partial charge is 0.493 e. The first kappa shape index (κ1) is 19.3. The van der Waals surface area contributed by atoms with Crippen molar-refractivity contribution < 1.29 is 9.47 Å². The minimum atomic E-state index is 0.283. The van der Waals surface area contributed by atoms with Crippen LogP contribution in [-0.4, -0.2) is 18.2 Å². The Morgan fingerprint density at radius 1 is 0.966 bits per heavy atom. The Bertz CT molecular complexity index is 919. The molecule has 0 spiro atoms. The Kier molecular flexibility index (Phi) is 5.99. The number of hydrogen-bond acceptors (Lipinski definition) is 4. The molecule has 1 fully saturated rings. The average molecular weight is 389 g/mol. The second-order valence-electron chi connectivity index (χ2n) is 7.64. The summed E-state index contributed by atoms with van der Waals surface area (Å²) in [7, 11) is 1.70. The standard InChI is InChI=1S/C25H28N2O2/c1-19-9-11-21(12-10-19)27(18-20-6-5-15-26-17-20)22-13-14-24(28-2)25(16-22)29-23-7-3-4-8-23/h5-6,9-17,23H,3-4,7-8,18H2,1-2H3. The summed E-state index contributed by atoms with van der Waals surface area (Å²) < 4.78 is 11.9. The molecular weight excluding hydrogens is 360 g/mol. The monoisotopic (exact) mass is 388 g/mol. The first-order chi connectivity index (χ1) is 14.2. The van der Waals surface area contributed by atoms with E-state index in [-0.39, 0.29) is 6.10 Å². The van der Waals surface area contributed by atoms with Gasteiger partial charge in [-0.2, -0.15) is 0 Å². The molecule has 0 aliphatic heterocycles. The fourth-order valence-corrected chi connectivity index (χ4v) is 3.84. The van der Waals surface area contributed by atoms with Crippen molar-refractivity contribution in [2.45, 2.75) is 45.3 Å². The second kappa shape index (κ2) is 8.99. The molecule has 3 aromatic rings. The van der Waals surface area contributed by atoms with Gasteiger partial charge in [-0.25, -0.2) is 0 Å². The zero-order valence-electron chi connectivity index (χ0n) is 17.2. The van der Waals surface area contributed by atoms with Crippen LogP contribution in [0.25, 0.3) is 0 Å². The van der Waals surface area contributed by atoms with Crippen LogP contribution in [0.5, 0.6) is 11.5 Å². The molecule has 1 aliphatic rings. The molecule has 29 heavy (non-hydrogen) atoms. The number of anilines is 2. The van der Waals surface area contributed by atoms with Gasteiger partial charge in [0.1, 0.15) is 0 Å². The van der Waals surface area contributed by atoms with E-state index in [9.17, 15) is 0 Å². The molecule has 0 N–H and O–H groups in total. The van der Waals surface area contributed by atoms with Crippen molar-refractivity contribution in [1.82, 2.24) is 4.98 Å². The van der Waals surface area contributed by atoms with Gasteiger partial charge in [0.25, 0.3) is 0 Å². The second-order valence-corrected chi connectivity index (χ2v) is 7.64. The van der Waals surface area contributed by atoms with Crippen LogP contribution in [0.1, 0.15) is 36.8 Å². The summed E-state index contributed by atoms with van der Waals surface area (Å²) in [6, 6.07) is 18.9. The molecule has 0 saturated heterocycles. The Balaban J connectivity index is 1.69. The SMILES string of the molecule is COc1ccc(N(Cc2cccnc2)c2ccc(C)cc2)cc1OC1CCCC1. The minimum absolute atomic E-state index is 0.283. The van der Waals surface area contributed by atoms with Crippen LogP contribution in [-0.2, 0) is 6.54 Å². The predicted octanol–water partition coefficient (Wildman–Crippen LogP) is 6.06. The number of nitrogens with zero attached hydrogens (tertiary/aromatic N) is 2. The van der Waals surface area contributed by atoms with Crippen LogP contribution < -0.4 is 14.4 Å². The van der Waals surface area contributed by atoms with E-state index in [1.165, 1.54) is 18.4 Å². The van der Waals surface area contributed by atoms with Crippen molar-refractivity contribution in [2.24, 2.45) is 0 Å². The van der Waals surface area contributed by atoms with Crippen LogP contribution in [0.3, 0.4) is 0 Å². The van der Waals surface area contributed by atoms with Crippen LogP contribution in [0, 0.1) is 6.92 Å². The smallest absolute Gasteiger partial charge is 0.163 e.